The molecule has 164 valence electrons. The predicted molar refractivity (Wildman–Crippen MR) is 124 cm³/mol. The van der Waals surface area contributed by atoms with Crippen molar-refractivity contribution in [1.82, 2.24) is 9.38 Å². The molecule has 2 aromatic carbocycles. The van der Waals surface area contributed by atoms with Crippen LogP contribution in [0.1, 0.15) is 22.3 Å². The number of nitrogens with zero attached hydrogens (tertiary/aromatic N) is 2. The number of nitrogens with one attached hydrogen (secondary N) is 1. The van der Waals surface area contributed by atoms with Crippen molar-refractivity contribution < 1.29 is 13.9 Å². The predicted octanol–water partition coefficient (Wildman–Crippen LogP) is 4.98. The number of carbonyl (C=O) groups excluding carboxylic acids is 1. The van der Waals surface area contributed by atoms with Crippen LogP contribution < -0.4 is 15.8 Å². The molecule has 0 aliphatic rings. The molecule has 3 N–H and O–H groups in total. The van der Waals surface area contributed by atoms with Crippen LogP contribution in [0.5, 0.6) is 5.75 Å². The van der Waals surface area contributed by atoms with Gasteiger partial charge in [0.2, 0.25) is 0 Å². The van der Waals surface area contributed by atoms with Crippen LogP contribution in [0.2, 0.25) is 0 Å². The summed E-state index contributed by atoms with van der Waals surface area (Å²) in [5.74, 6) is 0.153. The summed E-state index contributed by atoms with van der Waals surface area (Å²) in [6, 6.07) is 12.9. The van der Waals surface area contributed by atoms with Gasteiger partial charge in [-0.3, -0.25) is 9.20 Å². The fourth-order valence-electron chi connectivity index (χ4n) is 3.94. The largest absolute Gasteiger partial charge is 0.483 e. The van der Waals surface area contributed by atoms with E-state index in [2.05, 4.69) is 5.32 Å². The number of ether oxygens (including phenoxy) is 1. The second-order valence-corrected chi connectivity index (χ2v) is 7.99. The lowest BCUT2D eigenvalue weighted by molar-refractivity contribution is -0.119. The fourth-order valence-corrected chi connectivity index (χ4v) is 3.94. The SMILES string of the molecule is Cc1cc(C)c(-c2nc3ccc(F)cn3c2Nc2c(C)cccc2C)c(OCC(N)=O)c1. The van der Waals surface area contributed by atoms with Crippen LogP contribution in [0.4, 0.5) is 15.9 Å². The molecule has 0 spiro atoms. The van der Waals surface area contributed by atoms with E-state index in [9.17, 15) is 9.18 Å². The maximum atomic E-state index is 14.2. The number of carbonyl (C=O) groups is 1. The van der Waals surface area contributed by atoms with Crippen LogP contribution in [0, 0.1) is 33.5 Å². The molecule has 4 aromatic rings. The minimum Gasteiger partial charge on any atom is -0.483 e. The number of imidazole rings is 1. The van der Waals surface area contributed by atoms with Crippen molar-refractivity contribution in [1.29, 1.82) is 0 Å². The topological polar surface area (TPSA) is 81.7 Å². The average molecular weight is 432 g/mol. The normalized spacial score (nSPS) is 11.0. The first-order chi connectivity index (χ1) is 15.2. The number of anilines is 2. The van der Waals surface area contributed by atoms with Crippen molar-refractivity contribution in [3.63, 3.8) is 0 Å². The van der Waals surface area contributed by atoms with Crippen molar-refractivity contribution in [2.24, 2.45) is 5.73 Å². The van der Waals surface area contributed by atoms with Crippen molar-refractivity contribution in [2.75, 3.05) is 11.9 Å². The Morgan fingerprint density at radius 3 is 2.50 bits per heavy atom. The number of fused-ring (bicyclic) bond motifs is 1. The van der Waals surface area contributed by atoms with E-state index < -0.39 is 5.91 Å². The van der Waals surface area contributed by atoms with Crippen LogP contribution in [0.3, 0.4) is 0 Å². The summed E-state index contributed by atoms with van der Waals surface area (Å²) in [6.07, 6.45) is 1.40. The Balaban J connectivity index is 1.98. The fraction of sp³-hybridized carbons (Fsp3) is 0.200. The molecule has 0 radical (unpaired) electrons. The number of aryl methyl sites for hydroxylation is 4. The van der Waals surface area contributed by atoms with E-state index in [1.54, 1.807) is 10.5 Å². The van der Waals surface area contributed by atoms with Gasteiger partial charge in [0.15, 0.2) is 6.61 Å². The number of nitrogens with two attached hydrogens (primary N) is 1. The van der Waals surface area contributed by atoms with Crippen LogP contribution in [0.25, 0.3) is 16.9 Å². The first-order valence-electron chi connectivity index (χ1n) is 10.3. The Kier molecular flexibility index (Phi) is 5.57. The number of primary amides is 1. The Morgan fingerprint density at radius 2 is 1.81 bits per heavy atom. The van der Waals surface area contributed by atoms with Gasteiger partial charge >= 0.3 is 0 Å². The molecular formula is C25H25FN4O2. The van der Waals surface area contributed by atoms with E-state index in [0.717, 1.165) is 33.5 Å². The Hall–Kier alpha value is -3.87. The van der Waals surface area contributed by atoms with Gasteiger partial charge in [0.25, 0.3) is 5.91 Å². The molecule has 0 aliphatic carbocycles. The number of pyridine rings is 1. The van der Waals surface area contributed by atoms with Gasteiger partial charge in [-0.2, -0.15) is 0 Å². The van der Waals surface area contributed by atoms with Crippen LogP contribution in [-0.2, 0) is 4.79 Å². The summed E-state index contributed by atoms with van der Waals surface area (Å²) in [7, 11) is 0. The molecule has 0 saturated heterocycles. The van der Waals surface area contributed by atoms with E-state index in [-0.39, 0.29) is 12.4 Å². The number of rotatable bonds is 6. The molecule has 2 aromatic heterocycles. The van der Waals surface area contributed by atoms with Crippen molar-refractivity contribution in [2.45, 2.75) is 27.7 Å². The molecule has 1 amide bonds. The van der Waals surface area contributed by atoms with Gasteiger partial charge in [-0.25, -0.2) is 9.37 Å². The molecule has 0 unspecified atom stereocenters. The lowest BCUT2D eigenvalue weighted by Crippen LogP contribution is -2.20. The van der Waals surface area contributed by atoms with Crippen molar-refractivity contribution in [3.8, 4) is 17.0 Å². The Bertz CT molecular complexity index is 1320. The zero-order valence-corrected chi connectivity index (χ0v) is 18.5. The molecule has 0 atom stereocenters. The van der Waals surface area contributed by atoms with E-state index in [1.807, 2.05) is 58.0 Å². The van der Waals surface area contributed by atoms with Crippen molar-refractivity contribution >= 4 is 23.1 Å². The summed E-state index contributed by atoms with van der Waals surface area (Å²) < 4.78 is 21.6. The molecule has 0 aliphatic heterocycles. The molecule has 0 bridgehead atoms. The zero-order chi connectivity index (χ0) is 23.0. The number of aromatic nitrogens is 2. The quantitative estimate of drug-likeness (QED) is 0.450. The van der Waals surface area contributed by atoms with E-state index in [1.165, 1.54) is 12.3 Å². The third-order valence-corrected chi connectivity index (χ3v) is 5.36. The molecular weight excluding hydrogens is 407 g/mol. The zero-order valence-electron chi connectivity index (χ0n) is 18.5. The molecule has 0 saturated carbocycles. The van der Waals surface area contributed by atoms with E-state index in [0.29, 0.717) is 22.9 Å². The highest BCUT2D eigenvalue weighted by Gasteiger charge is 2.22. The van der Waals surface area contributed by atoms with Gasteiger partial charge in [-0.15, -0.1) is 0 Å². The minimum atomic E-state index is -0.568. The van der Waals surface area contributed by atoms with Gasteiger partial charge < -0.3 is 15.8 Å². The van der Waals surface area contributed by atoms with Gasteiger partial charge in [0.1, 0.15) is 28.7 Å². The van der Waals surface area contributed by atoms with E-state index in [4.69, 9.17) is 15.5 Å². The molecule has 32 heavy (non-hydrogen) atoms. The molecule has 2 heterocycles. The number of hydrogen-bond donors (Lipinski definition) is 2. The van der Waals surface area contributed by atoms with Crippen molar-refractivity contribution in [3.05, 3.63) is 76.7 Å². The minimum absolute atomic E-state index is 0.252. The molecule has 7 heteroatoms. The number of halogens is 1. The first kappa shape index (κ1) is 21.4. The summed E-state index contributed by atoms with van der Waals surface area (Å²) in [6.45, 7) is 7.67. The van der Waals surface area contributed by atoms with Crippen LogP contribution >= 0.6 is 0 Å². The summed E-state index contributed by atoms with van der Waals surface area (Å²) >= 11 is 0. The standard InChI is InChI=1S/C25H25FN4O2/c1-14-10-17(4)22(19(11-14)32-13-20(27)31)24-25(29-23-15(2)6-5-7-16(23)3)30-12-18(26)8-9-21(30)28-24/h5-12,29H,13H2,1-4H3,(H2,27,31). The van der Waals surface area contributed by atoms with Crippen LogP contribution in [0.15, 0.2) is 48.7 Å². The highest BCUT2D eigenvalue weighted by atomic mass is 19.1. The first-order valence-corrected chi connectivity index (χ1v) is 10.3. The van der Waals surface area contributed by atoms with Gasteiger partial charge in [-0.1, -0.05) is 24.3 Å². The molecule has 0 fully saturated rings. The number of amides is 1. The third kappa shape index (κ3) is 4.01. The number of benzene rings is 2. The van der Waals surface area contributed by atoms with Gasteiger partial charge in [0, 0.05) is 17.4 Å². The van der Waals surface area contributed by atoms with E-state index >= 15 is 0 Å². The highest BCUT2D eigenvalue weighted by Crippen LogP contribution is 2.40. The summed E-state index contributed by atoms with van der Waals surface area (Å²) in [5, 5.41) is 3.48. The maximum Gasteiger partial charge on any atom is 0.255 e. The molecule has 6 nitrogen and oxygen atoms in total. The summed E-state index contributed by atoms with van der Waals surface area (Å²) in [4.78, 5) is 16.2. The number of hydrogen-bond acceptors (Lipinski definition) is 4. The number of para-hydroxylation sites is 1. The second-order valence-electron chi connectivity index (χ2n) is 7.99. The third-order valence-electron chi connectivity index (χ3n) is 5.36. The average Bonchev–Trinajstić information content (AvgIpc) is 3.05. The molecule has 4 rings (SSSR count). The lowest BCUT2D eigenvalue weighted by Gasteiger charge is -2.17. The van der Waals surface area contributed by atoms with Gasteiger partial charge in [0.05, 0.1) is 0 Å². The Morgan fingerprint density at radius 1 is 1.09 bits per heavy atom. The lowest BCUT2D eigenvalue weighted by atomic mass is 10.0. The highest BCUT2D eigenvalue weighted by molar-refractivity contribution is 5.86. The van der Waals surface area contributed by atoms with Crippen LogP contribution in [-0.4, -0.2) is 21.9 Å². The summed E-state index contributed by atoms with van der Waals surface area (Å²) in [5.41, 5.74) is 12.1. The Labute approximate surface area is 185 Å². The monoisotopic (exact) mass is 432 g/mol. The maximum absolute atomic E-state index is 14.2. The van der Waals surface area contributed by atoms with Gasteiger partial charge in [-0.05, 0) is 68.1 Å². The second kappa shape index (κ2) is 8.34. The smallest absolute Gasteiger partial charge is 0.255 e.